The molecular formula is C14H12N2O5. The second kappa shape index (κ2) is 6.47. The van der Waals surface area contributed by atoms with Crippen LogP contribution in [-0.2, 0) is 11.3 Å². The van der Waals surface area contributed by atoms with Crippen LogP contribution in [0, 0.1) is 10.1 Å². The number of rotatable bonds is 5. The summed E-state index contributed by atoms with van der Waals surface area (Å²) < 4.78 is 10.1. The Labute approximate surface area is 120 Å². The lowest BCUT2D eigenvalue weighted by Crippen LogP contribution is -2.04. The maximum atomic E-state index is 11.4. The van der Waals surface area contributed by atoms with Gasteiger partial charge in [-0.2, -0.15) is 0 Å². The zero-order valence-corrected chi connectivity index (χ0v) is 11.2. The Hall–Kier alpha value is -2.96. The number of aromatic nitrogens is 1. The minimum Gasteiger partial charge on any atom is -0.489 e. The van der Waals surface area contributed by atoms with E-state index in [4.69, 9.17) is 4.74 Å². The molecule has 1 heterocycles. The monoisotopic (exact) mass is 288 g/mol. The third-order valence-corrected chi connectivity index (χ3v) is 2.65. The van der Waals surface area contributed by atoms with E-state index in [1.807, 2.05) is 0 Å². The van der Waals surface area contributed by atoms with Gasteiger partial charge in [-0.1, -0.05) is 6.07 Å². The molecule has 0 spiro atoms. The number of methoxy groups -OCH3 is 1. The molecule has 0 atom stereocenters. The summed E-state index contributed by atoms with van der Waals surface area (Å²) in [6, 6.07) is 7.46. The molecule has 108 valence electrons. The van der Waals surface area contributed by atoms with E-state index >= 15 is 0 Å². The number of esters is 1. The summed E-state index contributed by atoms with van der Waals surface area (Å²) in [7, 11) is 1.29. The smallest absolute Gasteiger partial charge is 0.339 e. The summed E-state index contributed by atoms with van der Waals surface area (Å²) in [5, 5.41) is 10.7. The van der Waals surface area contributed by atoms with Crippen LogP contribution < -0.4 is 4.74 Å². The highest BCUT2D eigenvalue weighted by Gasteiger charge is 2.08. The van der Waals surface area contributed by atoms with Crippen molar-refractivity contribution in [3.05, 3.63) is 64.0 Å². The van der Waals surface area contributed by atoms with Gasteiger partial charge in [-0.15, -0.1) is 0 Å². The van der Waals surface area contributed by atoms with Crippen molar-refractivity contribution >= 4 is 11.7 Å². The van der Waals surface area contributed by atoms with Gasteiger partial charge in [0.25, 0.3) is 5.69 Å². The number of benzene rings is 1. The Morgan fingerprint density at radius 3 is 2.86 bits per heavy atom. The summed E-state index contributed by atoms with van der Waals surface area (Å²) in [5.41, 5.74) is 0.927. The van der Waals surface area contributed by atoms with E-state index in [1.54, 1.807) is 18.3 Å². The second-order valence-corrected chi connectivity index (χ2v) is 4.12. The fraction of sp³-hybridized carbons (Fsp3) is 0.143. The summed E-state index contributed by atoms with van der Waals surface area (Å²) >= 11 is 0. The van der Waals surface area contributed by atoms with Gasteiger partial charge >= 0.3 is 5.97 Å². The van der Waals surface area contributed by atoms with Crippen molar-refractivity contribution in [3.63, 3.8) is 0 Å². The molecular weight excluding hydrogens is 276 g/mol. The van der Waals surface area contributed by atoms with Crippen LogP contribution in [0.25, 0.3) is 0 Å². The lowest BCUT2D eigenvalue weighted by atomic mass is 10.2. The number of nitrogens with zero attached hydrogens (tertiary/aromatic N) is 2. The largest absolute Gasteiger partial charge is 0.489 e. The maximum absolute atomic E-state index is 11.4. The molecule has 2 rings (SSSR count). The molecule has 7 nitrogen and oxygen atoms in total. The molecule has 0 saturated heterocycles. The van der Waals surface area contributed by atoms with Crippen molar-refractivity contribution in [3.8, 4) is 5.75 Å². The van der Waals surface area contributed by atoms with Gasteiger partial charge in [0.05, 0.1) is 23.7 Å². The highest BCUT2D eigenvalue weighted by Crippen LogP contribution is 2.20. The van der Waals surface area contributed by atoms with Crippen molar-refractivity contribution in [2.24, 2.45) is 0 Å². The Kier molecular flexibility index (Phi) is 4.45. The molecule has 21 heavy (non-hydrogen) atoms. The van der Waals surface area contributed by atoms with E-state index in [2.05, 4.69) is 9.72 Å². The van der Waals surface area contributed by atoms with Gasteiger partial charge < -0.3 is 9.47 Å². The normalized spacial score (nSPS) is 9.95. The van der Waals surface area contributed by atoms with Crippen LogP contribution in [0.4, 0.5) is 5.69 Å². The van der Waals surface area contributed by atoms with E-state index in [-0.39, 0.29) is 12.3 Å². The molecule has 0 unspecified atom stereocenters. The molecule has 2 aromatic rings. The number of ether oxygens (including phenoxy) is 2. The van der Waals surface area contributed by atoms with Gasteiger partial charge in [-0.25, -0.2) is 4.79 Å². The Bertz CT molecular complexity index is 672. The van der Waals surface area contributed by atoms with Crippen molar-refractivity contribution < 1.29 is 19.2 Å². The number of hydrogen-bond acceptors (Lipinski definition) is 6. The molecule has 0 bridgehead atoms. The van der Waals surface area contributed by atoms with Crippen LogP contribution in [0.1, 0.15) is 15.9 Å². The molecule has 0 saturated carbocycles. The number of nitro groups is 1. The summed E-state index contributed by atoms with van der Waals surface area (Å²) in [6.45, 7) is 0.138. The Morgan fingerprint density at radius 1 is 1.33 bits per heavy atom. The number of hydrogen-bond donors (Lipinski definition) is 0. The van der Waals surface area contributed by atoms with E-state index in [0.717, 1.165) is 0 Å². The van der Waals surface area contributed by atoms with Crippen LogP contribution in [0.5, 0.6) is 5.75 Å². The molecule has 1 aromatic carbocycles. The average molecular weight is 288 g/mol. The second-order valence-electron chi connectivity index (χ2n) is 4.12. The maximum Gasteiger partial charge on any atom is 0.339 e. The number of pyridine rings is 1. The van der Waals surface area contributed by atoms with Gasteiger partial charge in [-0.05, 0) is 12.1 Å². The van der Waals surface area contributed by atoms with Crippen molar-refractivity contribution in [2.75, 3.05) is 7.11 Å². The molecule has 0 amide bonds. The number of nitro benzene ring substituents is 1. The predicted molar refractivity (Wildman–Crippen MR) is 73.0 cm³/mol. The van der Waals surface area contributed by atoms with Crippen LogP contribution in [-0.4, -0.2) is 23.0 Å². The van der Waals surface area contributed by atoms with Gasteiger partial charge in [0, 0.05) is 24.0 Å². The Morgan fingerprint density at radius 2 is 2.14 bits per heavy atom. The minimum absolute atomic E-state index is 0.0473. The van der Waals surface area contributed by atoms with Crippen LogP contribution in [0.3, 0.4) is 0 Å². The molecule has 0 aliphatic heterocycles. The first-order chi connectivity index (χ1) is 10.1. The van der Waals surface area contributed by atoms with Crippen LogP contribution in [0.2, 0.25) is 0 Å². The van der Waals surface area contributed by atoms with Crippen LogP contribution in [0.15, 0.2) is 42.7 Å². The SMILES string of the molecule is COC(=O)c1cncc(COc2cccc([N+](=O)[O-])c2)c1. The first-order valence-electron chi connectivity index (χ1n) is 5.99. The molecule has 0 N–H and O–H groups in total. The van der Waals surface area contributed by atoms with E-state index in [1.165, 1.54) is 31.5 Å². The lowest BCUT2D eigenvalue weighted by molar-refractivity contribution is -0.384. The molecule has 1 aromatic heterocycles. The van der Waals surface area contributed by atoms with E-state index in [0.29, 0.717) is 16.9 Å². The van der Waals surface area contributed by atoms with Crippen LogP contribution >= 0.6 is 0 Å². The number of non-ortho nitro benzene ring substituents is 1. The highest BCUT2D eigenvalue weighted by molar-refractivity contribution is 5.89. The molecule has 7 heteroatoms. The average Bonchev–Trinajstić information content (AvgIpc) is 2.52. The topological polar surface area (TPSA) is 91.6 Å². The zero-order valence-electron chi connectivity index (χ0n) is 11.2. The minimum atomic E-state index is -0.494. The van der Waals surface area contributed by atoms with Gasteiger partial charge in [0.1, 0.15) is 12.4 Å². The van der Waals surface area contributed by atoms with E-state index in [9.17, 15) is 14.9 Å². The molecule has 0 aliphatic carbocycles. The summed E-state index contributed by atoms with van der Waals surface area (Å²) in [5.74, 6) is -0.118. The first-order valence-corrected chi connectivity index (χ1v) is 5.99. The van der Waals surface area contributed by atoms with Gasteiger partial charge in [-0.3, -0.25) is 15.1 Å². The third-order valence-electron chi connectivity index (χ3n) is 2.65. The quantitative estimate of drug-likeness (QED) is 0.476. The first kappa shape index (κ1) is 14.4. The standard InChI is InChI=1S/C14H12N2O5/c1-20-14(17)11-5-10(7-15-8-11)9-21-13-4-2-3-12(6-13)16(18)19/h2-8H,9H2,1H3. The van der Waals surface area contributed by atoms with Gasteiger partial charge in [0.15, 0.2) is 0 Å². The fourth-order valence-electron chi connectivity index (χ4n) is 1.65. The van der Waals surface area contributed by atoms with E-state index < -0.39 is 10.9 Å². The zero-order chi connectivity index (χ0) is 15.2. The number of carbonyl (C=O) groups is 1. The Balaban J connectivity index is 2.08. The molecule has 0 radical (unpaired) electrons. The highest BCUT2D eigenvalue weighted by atomic mass is 16.6. The summed E-state index contributed by atoms with van der Waals surface area (Å²) in [4.78, 5) is 25.5. The summed E-state index contributed by atoms with van der Waals surface area (Å²) in [6.07, 6.45) is 2.94. The van der Waals surface area contributed by atoms with Gasteiger partial charge in [0.2, 0.25) is 0 Å². The van der Waals surface area contributed by atoms with Crippen molar-refractivity contribution in [2.45, 2.75) is 6.61 Å². The molecule has 0 aliphatic rings. The number of carbonyl (C=O) groups excluding carboxylic acids is 1. The van der Waals surface area contributed by atoms with Crippen molar-refractivity contribution in [1.29, 1.82) is 0 Å². The third kappa shape index (κ3) is 3.75. The van der Waals surface area contributed by atoms with Crippen molar-refractivity contribution in [1.82, 2.24) is 4.98 Å². The fourth-order valence-corrected chi connectivity index (χ4v) is 1.65. The lowest BCUT2D eigenvalue weighted by Gasteiger charge is -2.06. The predicted octanol–water partition coefficient (Wildman–Crippen LogP) is 2.36. The molecule has 0 fully saturated rings.